The number of hydrogen-bond donors (Lipinski definition) is 8. The minimum Gasteiger partial charge on any atom is -0.479 e. The summed E-state index contributed by atoms with van der Waals surface area (Å²) in [6, 6.07) is -5.85. The van der Waals surface area contributed by atoms with Gasteiger partial charge in [0.2, 0.25) is 23.6 Å². The Hall–Kier alpha value is -3.38. The summed E-state index contributed by atoms with van der Waals surface area (Å²) in [5, 5.41) is 49.6. The maximum atomic E-state index is 12.0. The molecule has 17 nitrogen and oxygen atoms in total. The van der Waals surface area contributed by atoms with Crippen LogP contribution in [0.2, 0.25) is 0 Å². The Bertz CT molecular complexity index is 930. The second-order valence-corrected chi connectivity index (χ2v) is 8.55. The molecule has 0 saturated carbocycles. The number of carbonyl (C=O) groups is 6. The lowest BCUT2D eigenvalue weighted by Gasteiger charge is -2.48. The van der Waals surface area contributed by atoms with Gasteiger partial charge < -0.3 is 55.9 Å². The number of nitrogens with one attached hydrogen (secondary N) is 4. The fourth-order valence-electron chi connectivity index (χ4n) is 4.20. The molecule has 2 rings (SSSR count). The van der Waals surface area contributed by atoms with Crippen molar-refractivity contribution < 1.29 is 63.4 Å². The van der Waals surface area contributed by atoms with E-state index in [1.807, 2.05) is 0 Å². The predicted molar refractivity (Wildman–Crippen MR) is 116 cm³/mol. The van der Waals surface area contributed by atoms with Crippen molar-refractivity contribution in [3.05, 3.63) is 0 Å². The van der Waals surface area contributed by atoms with Gasteiger partial charge in [0.15, 0.2) is 24.8 Å². The van der Waals surface area contributed by atoms with Crippen molar-refractivity contribution in [1.82, 2.24) is 21.3 Å². The highest BCUT2D eigenvalue weighted by Gasteiger charge is 2.55. The van der Waals surface area contributed by atoms with Crippen molar-refractivity contribution >= 4 is 35.6 Å². The first-order valence-electron chi connectivity index (χ1n) is 11.0. The number of carboxylic acid groups (broad SMARTS) is 2. The zero-order chi connectivity index (χ0) is 28.2. The van der Waals surface area contributed by atoms with Gasteiger partial charge in [0.05, 0.1) is 12.1 Å². The van der Waals surface area contributed by atoms with E-state index in [-0.39, 0.29) is 0 Å². The fourth-order valence-corrected chi connectivity index (χ4v) is 4.20. The van der Waals surface area contributed by atoms with E-state index < -0.39 is 96.7 Å². The molecule has 2 aliphatic rings. The number of amides is 4. The maximum absolute atomic E-state index is 12.0. The van der Waals surface area contributed by atoms with Gasteiger partial charge in [-0.05, 0) is 0 Å². The minimum absolute atomic E-state index is 0.680. The van der Waals surface area contributed by atoms with Gasteiger partial charge >= 0.3 is 11.9 Å². The molecule has 2 aliphatic heterocycles. The highest BCUT2D eigenvalue weighted by Crippen LogP contribution is 2.29. The topological polar surface area (TPSA) is 259 Å². The van der Waals surface area contributed by atoms with E-state index in [0.717, 1.165) is 27.7 Å². The van der Waals surface area contributed by atoms with Gasteiger partial charge in [-0.25, -0.2) is 9.59 Å². The molecule has 2 saturated heterocycles. The summed E-state index contributed by atoms with van der Waals surface area (Å²) < 4.78 is 16.3. The number of carboxylic acids is 2. The molecule has 0 aromatic carbocycles. The fraction of sp³-hybridized carbons (Fsp3) is 0.700. The van der Waals surface area contributed by atoms with E-state index in [1.54, 1.807) is 0 Å². The highest BCUT2D eigenvalue weighted by molar-refractivity contribution is 5.78. The Morgan fingerprint density at radius 2 is 1.05 bits per heavy atom. The van der Waals surface area contributed by atoms with E-state index in [4.69, 9.17) is 14.2 Å². The molecule has 2 heterocycles. The maximum Gasteiger partial charge on any atom is 0.335 e. The number of aliphatic hydroxyl groups excluding tert-OH is 2. The molecule has 0 radical (unpaired) electrons. The highest BCUT2D eigenvalue weighted by atomic mass is 16.7. The molecule has 0 unspecified atom stereocenters. The number of rotatable bonds is 8. The van der Waals surface area contributed by atoms with Crippen LogP contribution in [0.5, 0.6) is 0 Å². The zero-order valence-electron chi connectivity index (χ0n) is 20.2. The Balaban J connectivity index is 2.58. The molecule has 4 amide bonds. The number of aliphatic hydroxyl groups is 2. The van der Waals surface area contributed by atoms with Crippen molar-refractivity contribution in [2.24, 2.45) is 0 Å². The van der Waals surface area contributed by atoms with Crippen LogP contribution in [0.25, 0.3) is 0 Å². The van der Waals surface area contributed by atoms with E-state index in [9.17, 15) is 49.2 Å². The van der Waals surface area contributed by atoms with Crippen molar-refractivity contribution in [3.63, 3.8) is 0 Å². The van der Waals surface area contributed by atoms with Crippen molar-refractivity contribution in [2.75, 3.05) is 0 Å². The van der Waals surface area contributed by atoms with Crippen molar-refractivity contribution in [3.8, 4) is 0 Å². The van der Waals surface area contributed by atoms with Crippen LogP contribution in [-0.4, -0.2) is 117 Å². The predicted octanol–water partition coefficient (Wildman–Crippen LogP) is -4.64. The van der Waals surface area contributed by atoms with Crippen LogP contribution in [0.3, 0.4) is 0 Å². The average Bonchev–Trinajstić information content (AvgIpc) is 2.74. The van der Waals surface area contributed by atoms with Crippen LogP contribution >= 0.6 is 0 Å². The van der Waals surface area contributed by atoms with E-state index in [1.165, 1.54) is 0 Å². The van der Waals surface area contributed by atoms with Gasteiger partial charge in [0.1, 0.15) is 24.3 Å². The van der Waals surface area contributed by atoms with Crippen LogP contribution in [-0.2, 0) is 43.0 Å². The molecule has 208 valence electrons. The molecule has 2 fully saturated rings. The third-order valence-corrected chi connectivity index (χ3v) is 5.53. The summed E-state index contributed by atoms with van der Waals surface area (Å²) >= 11 is 0. The summed E-state index contributed by atoms with van der Waals surface area (Å²) in [5.41, 5.74) is 0. The van der Waals surface area contributed by atoms with Crippen molar-refractivity contribution in [2.45, 2.75) is 88.9 Å². The van der Waals surface area contributed by atoms with Crippen LogP contribution in [0.1, 0.15) is 27.7 Å². The molecule has 10 atom stereocenters. The lowest BCUT2D eigenvalue weighted by molar-refractivity contribution is -0.297. The van der Waals surface area contributed by atoms with Gasteiger partial charge in [-0.2, -0.15) is 0 Å². The lowest BCUT2D eigenvalue weighted by atomic mass is 9.91. The molecule has 8 N–H and O–H groups in total. The third kappa shape index (κ3) is 7.32. The Morgan fingerprint density at radius 3 is 1.51 bits per heavy atom. The molecule has 0 aromatic rings. The summed E-state index contributed by atoms with van der Waals surface area (Å²) in [4.78, 5) is 71.1. The molecule has 17 heteroatoms. The van der Waals surface area contributed by atoms with E-state index in [0.29, 0.717) is 0 Å². The first kappa shape index (κ1) is 29.8. The second kappa shape index (κ2) is 12.2. The third-order valence-electron chi connectivity index (χ3n) is 5.53. The van der Waals surface area contributed by atoms with Crippen molar-refractivity contribution in [1.29, 1.82) is 0 Å². The van der Waals surface area contributed by atoms with Gasteiger partial charge in [0, 0.05) is 27.7 Å². The molecule has 0 aliphatic carbocycles. The Labute approximate surface area is 209 Å². The quantitative estimate of drug-likeness (QED) is 0.146. The largest absolute Gasteiger partial charge is 0.479 e. The number of hydrogen-bond acceptors (Lipinski definition) is 11. The summed E-state index contributed by atoms with van der Waals surface area (Å²) in [6.45, 7) is 4.30. The number of carbonyl (C=O) groups excluding carboxylic acids is 4. The summed E-state index contributed by atoms with van der Waals surface area (Å²) in [7, 11) is 0. The van der Waals surface area contributed by atoms with Gasteiger partial charge in [-0.3, -0.25) is 19.2 Å². The molecule has 0 bridgehead atoms. The smallest absolute Gasteiger partial charge is 0.335 e. The Morgan fingerprint density at radius 1 is 0.622 bits per heavy atom. The zero-order valence-corrected chi connectivity index (χ0v) is 20.2. The van der Waals surface area contributed by atoms with Gasteiger partial charge in [0.25, 0.3) is 0 Å². The Kier molecular flexibility index (Phi) is 9.87. The molecular weight excluding hydrogens is 504 g/mol. The first-order valence-corrected chi connectivity index (χ1v) is 11.0. The summed E-state index contributed by atoms with van der Waals surface area (Å²) in [5.74, 6) is -6.15. The SMILES string of the molecule is CC(=O)N[C@@H]1[C@@H](NC(C)=O)[C@H](O)O[C@H](C(=O)O)[C@H]1O[C@@H]1O[C@H](C(=O)O)[C@@H](O)[C@H](NC(C)=O)[C@H]1NC(C)=O. The van der Waals surface area contributed by atoms with E-state index >= 15 is 0 Å². The average molecular weight is 534 g/mol. The molecule has 0 aromatic heterocycles. The molecule has 0 spiro atoms. The van der Waals surface area contributed by atoms with E-state index in [2.05, 4.69) is 21.3 Å². The number of ether oxygens (including phenoxy) is 3. The first-order chi connectivity index (χ1) is 17.1. The molecule has 37 heavy (non-hydrogen) atoms. The standard InChI is InChI=1S/C20H30N4O13/c1-5(25)21-9-12(24-8(4)28)20(37-15(13(9)29)17(30)31)36-14-10(22-6(2)26)11(23-7(3)27)19(34)35-16(14)18(32)33/h9-16,19-20,29,34H,1-4H3,(H,21,25)(H,22,26)(H,23,27)(H,24,28)(H,30,31)(H,32,33)/t9-,10-,11-,12-,13+,14+,15+,16+,19-,20-/m1/s1. The van der Waals surface area contributed by atoms with Crippen LogP contribution in [0.15, 0.2) is 0 Å². The second-order valence-electron chi connectivity index (χ2n) is 8.55. The van der Waals surface area contributed by atoms with Gasteiger partial charge in [-0.15, -0.1) is 0 Å². The van der Waals surface area contributed by atoms with Crippen LogP contribution in [0.4, 0.5) is 0 Å². The summed E-state index contributed by atoms with van der Waals surface area (Å²) in [6.07, 6.45) is -11.4. The lowest BCUT2D eigenvalue weighted by Crippen LogP contribution is -2.73. The minimum atomic E-state index is -2.00. The number of aliphatic carboxylic acids is 2. The normalized spacial score (nSPS) is 35.5. The molecular formula is C20H30N4O13. The van der Waals surface area contributed by atoms with Crippen LogP contribution < -0.4 is 21.3 Å². The van der Waals surface area contributed by atoms with Crippen LogP contribution in [0, 0.1) is 0 Å². The van der Waals surface area contributed by atoms with Gasteiger partial charge in [-0.1, -0.05) is 0 Å². The monoisotopic (exact) mass is 534 g/mol.